The summed E-state index contributed by atoms with van der Waals surface area (Å²) in [7, 11) is 0. The first-order valence-corrected chi connectivity index (χ1v) is 6.72. The molecule has 0 aliphatic heterocycles. The van der Waals surface area contributed by atoms with E-state index in [4.69, 9.17) is 11.6 Å². The van der Waals surface area contributed by atoms with Gasteiger partial charge in [0.15, 0.2) is 5.82 Å². The third-order valence-corrected chi connectivity index (χ3v) is 3.58. The quantitative estimate of drug-likeness (QED) is 0.858. The number of nitrogens with one attached hydrogen (secondary N) is 1. The number of rotatable bonds is 3. The van der Waals surface area contributed by atoms with Gasteiger partial charge in [0, 0.05) is 11.6 Å². The molecule has 1 aliphatic carbocycles. The average molecular weight is 314 g/mol. The molecular weight excluding hydrogens is 303 g/mol. The summed E-state index contributed by atoms with van der Waals surface area (Å²) in [5.74, 6) is 0.382. The summed E-state index contributed by atoms with van der Waals surface area (Å²) in [6, 6.07) is 10.3. The van der Waals surface area contributed by atoms with Crippen LogP contribution in [-0.2, 0) is 0 Å². The Morgan fingerprint density at radius 1 is 1.10 bits per heavy atom. The SMILES string of the molecule is FC(F)(F)C1(Nc2cc(Cl)nc(-c3ccccc3)n2)CC1. The second-order valence-electron chi connectivity index (χ2n) is 4.97. The monoisotopic (exact) mass is 313 g/mol. The number of nitrogens with zero attached hydrogens (tertiary/aromatic N) is 2. The van der Waals surface area contributed by atoms with Crippen LogP contribution in [0.3, 0.4) is 0 Å². The lowest BCUT2D eigenvalue weighted by Crippen LogP contribution is -2.38. The molecular formula is C14H11ClF3N3. The van der Waals surface area contributed by atoms with Crippen LogP contribution in [-0.4, -0.2) is 21.7 Å². The molecule has 7 heteroatoms. The lowest BCUT2D eigenvalue weighted by molar-refractivity contribution is -0.151. The lowest BCUT2D eigenvalue weighted by atomic mass is 10.2. The minimum absolute atomic E-state index is 0.0405. The van der Waals surface area contributed by atoms with Gasteiger partial charge >= 0.3 is 6.18 Å². The van der Waals surface area contributed by atoms with E-state index < -0.39 is 11.7 Å². The fraction of sp³-hybridized carbons (Fsp3) is 0.286. The van der Waals surface area contributed by atoms with Gasteiger partial charge in [-0.25, -0.2) is 9.97 Å². The van der Waals surface area contributed by atoms with Gasteiger partial charge in [-0.3, -0.25) is 0 Å². The number of aromatic nitrogens is 2. The predicted octanol–water partition coefficient (Wildman–Crippen LogP) is 4.30. The summed E-state index contributed by atoms with van der Waals surface area (Å²) < 4.78 is 38.9. The molecule has 0 atom stereocenters. The highest BCUT2D eigenvalue weighted by atomic mass is 35.5. The van der Waals surface area contributed by atoms with Crippen molar-refractivity contribution in [2.45, 2.75) is 24.6 Å². The molecule has 110 valence electrons. The molecule has 1 N–H and O–H groups in total. The fourth-order valence-corrected chi connectivity index (χ4v) is 2.23. The molecule has 3 rings (SSSR count). The first-order valence-electron chi connectivity index (χ1n) is 6.35. The second-order valence-corrected chi connectivity index (χ2v) is 5.36. The van der Waals surface area contributed by atoms with Crippen molar-refractivity contribution in [2.75, 3.05) is 5.32 Å². The van der Waals surface area contributed by atoms with E-state index in [1.165, 1.54) is 6.07 Å². The Morgan fingerprint density at radius 3 is 2.33 bits per heavy atom. The number of hydrogen-bond donors (Lipinski definition) is 1. The van der Waals surface area contributed by atoms with E-state index in [2.05, 4.69) is 15.3 Å². The summed E-state index contributed by atoms with van der Waals surface area (Å²) in [5, 5.41) is 2.56. The summed E-state index contributed by atoms with van der Waals surface area (Å²) >= 11 is 5.89. The van der Waals surface area contributed by atoms with Crippen LogP contribution in [0.4, 0.5) is 19.0 Å². The molecule has 0 unspecified atom stereocenters. The van der Waals surface area contributed by atoms with Gasteiger partial charge in [0.25, 0.3) is 0 Å². The maximum atomic E-state index is 13.0. The molecule has 2 aromatic rings. The predicted molar refractivity (Wildman–Crippen MR) is 74.1 cm³/mol. The van der Waals surface area contributed by atoms with Crippen LogP contribution in [0, 0.1) is 0 Å². The fourth-order valence-electron chi connectivity index (χ4n) is 2.05. The molecule has 21 heavy (non-hydrogen) atoms. The normalized spacial score (nSPS) is 16.6. The molecule has 1 aromatic carbocycles. The van der Waals surface area contributed by atoms with Crippen molar-refractivity contribution in [2.24, 2.45) is 0 Å². The molecule has 1 fully saturated rings. The molecule has 3 nitrogen and oxygen atoms in total. The molecule has 0 saturated heterocycles. The second kappa shape index (κ2) is 4.87. The van der Waals surface area contributed by atoms with Crippen LogP contribution < -0.4 is 5.32 Å². The maximum absolute atomic E-state index is 13.0. The summed E-state index contributed by atoms with van der Waals surface area (Å²) in [5.41, 5.74) is -1.18. The van der Waals surface area contributed by atoms with E-state index in [1.807, 2.05) is 6.07 Å². The van der Waals surface area contributed by atoms with Crippen molar-refractivity contribution in [3.63, 3.8) is 0 Å². The van der Waals surface area contributed by atoms with Gasteiger partial charge in [0.2, 0.25) is 0 Å². The molecule has 1 heterocycles. The summed E-state index contributed by atoms with van der Waals surface area (Å²) in [6.07, 6.45) is -4.23. The van der Waals surface area contributed by atoms with Crippen molar-refractivity contribution >= 4 is 17.4 Å². The summed E-state index contributed by atoms with van der Waals surface area (Å²) in [4.78, 5) is 8.19. The molecule has 1 saturated carbocycles. The van der Waals surface area contributed by atoms with Crippen LogP contribution in [0.5, 0.6) is 0 Å². The number of anilines is 1. The molecule has 0 bridgehead atoms. The van der Waals surface area contributed by atoms with Crippen LogP contribution in [0.1, 0.15) is 12.8 Å². The highest BCUT2D eigenvalue weighted by Crippen LogP contribution is 2.51. The number of alkyl halides is 3. The lowest BCUT2D eigenvalue weighted by Gasteiger charge is -2.21. The van der Waals surface area contributed by atoms with Crippen molar-refractivity contribution in [3.8, 4) is 11.4 Å². The number of benzene rings is 1. The number of halogens is 4. The Hall–Kier alpha value is -1.82. The van der Waals surface area contributed by atoms with Crippen molar-refractivity contribution in [1.29, 1.82) is 0 Å². The minimum Gasteiger partial charge on any atom is -0.356 e. The molecule has 0 radical (unpaired) electrons. The van der Waals surface area contributed by atoms with Crippen molar-refractivity contribution in [3.05, 3.63) is 41.6 Å². The van der Waals surface area contributed by atoms with Gasteiger partial charge in [-0.05, 0) is 12.8 Å². The Labute approximate surface area is 124 Å². The van der Waals surface area contributed by atoms with E-state index in [9.17, 15) is 13.2 Å². The van der Waals surface area contributed by atoms with E-state index in [1.54, 1.807) is 24.3 Å². The minimum atomic E-state index is -4.31. The average Bonchev–Trinajstić information content (AvgIpc) is 3.19. The Bertz CT molecular complexity index is 654. The van der Waals surface area contributed by atoms with Gasteiger partial charge in [-0.1, -0.05) is 41.9 Å². The largest absolute Gasteiger partial charge is 0.411 e. The van der Waals surface area contributed by atoms with E-state index in [0.29, 0.717) is 11.4 Å². The Kier molecular flexibility index (Phi) is 3.28. The first-order chi connectivity index (χ1) is 9.90. The molecule has 0 amide bonds. The topological polar surface area (TPSA) is 37.8 Å². The smallest absolute Gasteiger partial charge is 0.356 e. The summed E-state index contributed by atoms with van der Waals surface area (Å²) in [6.45, 7) is 0. The van der Waals surface area contributed by atoms with Gasteiger partial charge in [-0.15, -0.1) is 0 Å². The van der Waals surface area contributed by atoms with Gasteiger partial charge in [0.05, 0.1) is 0 Å². The zero-order chi connectivity index (χ0) is 15.1. The van der Waals surface area contributed by atoms with E-state index in [0.717, 1.165) is 0 Å². The van der Waals surface area contributed by atoms with Crippen molar-refractivity contribution < 1.29 is 13.2 Å². The van der Waals surface area contributed by atoms with Gasteiger partial charge in [0.1, 0.15) is 16.5 Å². The van der Waals surface area contributed by atoms with E-state index in [-0.39, 0.29) is 23.8 Å². The first kappa shape index (κ1) is 14.1. The van der Waals surface area contributed by atoms with Crippen LogP contribution in [0.25, 0.3) is 11.4 Å². The standard InChI is InChI=1S/C14H11ClF3N3/c15-10-8-11(21-13(6-7-13)14(16,17)18)20-12(19-10)9-4-2-1-3-5-9/h1-5,8H,6-7H2,(H,19,20,21). The molecule has 1 aromatic heterocycles. The zero-order valence-electron chi connectivity index (χ0n) is 10.8. The third kappa shape index (κ3) is 2.81. The Morgan fingerprint density at radius 2 is 1.76 bits per heavy atom. The highest BCUT2D eigenvalue weighted by Gasteiger charge is 2.63. The Balaban J connectivity index is 1.93. The highest BCUT2D eigenvalue weighted by molar-refractivity contribution is 6.29. The maximum Gasteiger partial charge on any atom is 0.411 e. The zero-order valence-corrected chi connectivity index (χ0v) is 11.5. The van der Waals surface area contributed by atoms with Gasteiger partial charge in [-0.2, -0.15) is 13.2 Å². The van der Waals surface area contributed by atoms with Crippen LogP contribution in [0.15, 0.2) is 36.4 Å². The third-order valence-electron chi connectivity index (χ3n) is 3.39. The van der Waals surface area contributed by atoms with Crippen LogP contribution in [0.2, 0.25) is 5.15 Å². The van der Waals surface area contributed by atoms with E-state index >= 15 is 0 Å². The van der Waals surface area contributed by atoms with Crippen LogP contribution >= 0.6 is 11.6 Å². The van der Waals surface area contributed by atoms with Gasteiger partial charge < -0.3 is 5.32 Å². The number of hydrogen-bond acceptors (Lipinski definition) is 3. The van der Waals surface area contributed by atoms with Crippen molar-refractivity contribution in [1.82, 2.24) is 9.97 Å². The molecule has 1 aliphatic rings. The molecule has 0 spiro atoms.